The number of esters is 1. The van der Waals surface area contributed by atoms with Gasteiger partial charge in [-0.1, -0.05) is 47.0 Å². The summed E-state index contributed by atoms with van der Waals surface area (Å²) in [5.74, 6) is -0.150. The van der Waals surface area contributed by atoms with Crippen molar-refractivity contribution in [3.05, 3.63) is 0 Å². The Morgan fingerprint density at radius 2 is 1.71 bits per heavy atom. The molecular weight excluding hydrogens is 216 g/mol. The fourth-order valence-electron chi connectivity index (χ4n) is 2.25. The molecule has 0 aliphatic rings. The number of unbranched alkanes of at least 4 members (excludes halogenated alkanes) is 2. The van der Waals surface area contributed by atoms with E-state index in [0.717, 1.165) is 25.7 Å². The summed E-state index contributed by atoms with van der Waals surface area (Å²) in [4.78, 5) is 12.2. The first kappa shape index (κ1) is 16.4. The van der Waals surface area contributed by atoms with Gasteiger partial charge >= 0.3 is 5.97 Å². The molecule has 0 N–H and O–H groups in total. The van der Waals surface area contributed by atoms with E-state index in [4.69, 9.17) is 9.47 Å². The van der Waals surface area contributed by atoms with Crippen LogP contribution >= 0.6 is 0 Å². The van der Waals surface area contributed by atoms with Crippen LogP contribution in [0.2, 0.25) is 0 Å². The molecule has 3 heteroatoms. The average molecular weight is 244 g/mol. The fraction of sp³-hybridized carbons (Fsp3) is 0.929. The Bertz CT molecular complexity index is 230. The molecule has 1 atom stereocenters. The molecule has 0 spiro atoms. The van der Waals surface area contributed by atoms with Crippen LogP contribution in [0.5, 0.6) is 0 Å². The van der Waals surface area contributed by atoms with E-state index in [1.54, 1.807) is 7.11 Å². The lowest BCUT2D eigenvalue weighted by atomic mass is 9.64. The van der Waals surface area contributed by atoms with Gasteiger partial charge in [-0.3, -0.25) is 4.79 Å². The molecule has 0 amide bonds. The van der Waals surface area contributed by atoms with Gasteiger partial charge in [-0.15, -0.1) is 0 Å². The Balaban J connectivity index is 5.04. The van der Waals surface area contributed by atoms with Gasteiger partial charge in [0.05, 0.1) is 19.1 Å². The maximum absolute atomic E-state index is 12.2. The Morgan fingerprint density at radius 3 is 2.06 bits per heavy atom. The Kier molecular flexibility index (Phi) is 6.76. The first-order valence-corrected chi connectivity index (χ1v) is 6.43. The molecule has 0 fully saturated rings. The predicted octanol–water partition coefficient (Wildman–Crippen LogP) is 3.42. The van der Waals surface area contributed by atoms with E-state index in [2.05, 4.69) is 27.7 Å². The van der Waals surface area contributed by atoms with E-state index in [1.165, 1.54) is 7.11 Å². The van der Waals surface area contributed by atoms with E-state index < -0.39 is 5.41 Å². The minimum Gasteiger partial charge on any atom is -0.469 e. The second-order valence-electron chi connectivity index (χ2n) is 5.71. The average Bonchev–Trinajstić information content (AvgIpc) is 2.25. The molecule has 0 aromatic carbocycles. The molecule has 0 saturated carbocycles. The largest absolute Gasteiger partial charge is 0.469 e. The molecule has 0 aromatic rings. The van der Waals surface area contributed by atoms with Crippen LogP contribution in [0, 0.1) is 10.8 Å². The number of ether oxygens (including phenoxy) is 2. The number of rotatable bonds is 7. The summed E-state index contributed by atoms with van der Waals surface area (Å²) in [7, 11) is 3.10. The van der Waals surface area contributed by atoms with Crippen LogP contribution in [0.1, 0.15) is 53.4 Å². The highest BCUT2D eigenvalue weighted by Gasteiger charge is 2.49. The summed E-state index contributed by atoms with van der Waals surface area (Å²) < 4.78 is 10.3. The molecule has 0 saturated heterocycles. The van der Waals surface area contributed by atoms with E-state index >= 15 is 0 Å². The van der Waals surface area contributed by atoms with Gasteiger partial charge in [-0.2, -0.15) is 0 Å². The molecule has 0 aliphatic heterocycles. The van der Waals surface area contributed by atoms with Crippen molar-refractivity contribution in [1.29, 1.82) is 0 Å². The van der Waals surface area contributed by atoms with Crippen molar-refractivity contribution in [2.75, 3.05) is 20.8 Å². The minimum atomic E-state index is -0.536. The first-order valence-electron chi connectivity index (χ1n) is 6.43. The highest BCUT2D eigenvalue weighted by molar-refractivity contribution is 5.77. The minimum absolute atomic E-state index is 0.150. The summed E-state index contributed by atoms with van der Waals surface area (Å²) >= 11 is 0. The standard InChI is InChI=1S/C14H28O3/c1-7-8-9-10-14(11-16-5,12(15)17-6)13(2,3)4/h7-11H2,1-6H3. The molecule has 0 bridgehead atoms. The second-order valence-corrected chi connectivity index (χ2v) is 5.71. The van der Waals surface area contributed by atoms with Gasteiger partial charge in [0.25, 0.3) is 0 Å². The highest BCUT2D eigenvalue weighted by atomic mass is 16.5. The Morgan fingerprint density at radius 1 is 1.12 bits per heavy atom. The molecular formula is C14H28O3. The summed E-state index contributed by atoms with van der Waals surface area (Å²) in [6, 6.07) is 0. The zero-order valence-electron chi connectivity index (χ0n) is 12.3. The maximum atomic E-state index is 12.2. The number of carbonyl (C=O) groups is 1. The fourth-order valence-corrected chi connectivity index (χ4v) is 2.25. The van der Waals surface area contributed by atoms with E-state index in [0.29, 0.717) is 6.61 Å². The SMILES string of the molecule is CCCCCC(COC)(C(=O)OC)C(C)(C)C. The van der Waals surface area contributed by atoms with E-state index in [9.17, 15) is 4.79 Å². The third-order valence-electron chi connectivity index (χ3n) is 3.61. The Labute approximate surface area is 106 Å². The van der Waals surface area contributed by atoms with Crippen LogP contribution in [0.3, 0.4) is 0 Å². The van der Waals surface area contributed by atoms with Gasteiger partial charge < -0.3 is 9.47 Å². The normalized spacial score (nSPS) is 15.4. The lowest BCUT2D eigenvalue weighted by molar-refractivity contribution is -0.166. The number of hydrogen-bond acceptors (Lipinski definition) is 3. The highest BCUT2D eigenvalue weighted by Crippen LogP contribution is 2.44. The molecule has 0 aromatic heterocycles. The summed E-state index contributed by atoms with van der Waals surface area (Å²) in [6.07, 6.45) is 4.14. The van der Waals surface area contributed by atoms with Crippen molar-refractivity contribution >= 4 is 5.97 Å². The van der Waals surface area contributed by atoms with Gasteiger partial charge in [0, 0.05) is 7.11 Å². The third kappa shape index (κ3) is 3.98. The molecule has 0 radical (unpaired) electrons. The monoisotopic (exact) mass is 244 g/mol. The first-order chi connectivity index (χ1) is 7.85. The van der Waals surface area contributed by atoms with Crippen molar-refractivity contribution in [2.24, 2.45) is 10.8 Å². The Hall–Kier alpha value is -0.570. The molecule has 3 nitrogen and oxygen atoms in total. The van der Waals surface area contributed by atoms with Crippen LogP contribution in [0.4, 0.5) is 0 Å². The lowest BCUT2D eigenvalue weighted by Gasteiger charge is -2.41. The van der Waals surface area contributed by atoms with Crippen molar-refractivity contribution < 1.29 is 14.3 Å². The van der Waals surface area contributed by atoms with Crippen LogP contribution in [0.25, 0.3) is 0 Å². The summed E-state index contributed by atoms with van der Waals surface area (Å²) in [6.45, 7) is 8.82. The van der Waals surface area contributed by atoms with E-state index in [-0.39, 0.29) is 11.4 Å². The van der Waals surface area contributed by atoms with Gasteiger partial charge in [-0.25, -0.2) is 0 Å². The van der Waals surface area contributed by atoms with Gasteiger partial charge in [0.2, 0.25) is 0 Å². The molecule has 0 aliphatic carbocycles. The number of hydrogen-bond donors (Lipinski definition) is 0. The van der Waals surface area contributed by atoms with Crippen LogP contribution < -0.4 is 0 Å². The quantitative estimate of drug-likeness (QED) is 0.508. The van der Waals surface area contributed by atoms with Gasteiger partial charge in [0.1, 0.15) is 0 Å². The summed E-state index contributed by atoms with van der Waals surface area (Å²) in [5.41, 5.74) is -0.699. The molecule has 1 unspecified atom stereocenters. The smallest absolute Gasteiger partial charge is 0.314 e. The van der Waals surface area contributed by atoms with Gasteiger partial charge in [-0.05, 0) is 11.8 Å². The van der Waals surface area contributed by atoms with Crippen LogP contribution in [0.15, 0.2) is 0 Å². The summed E-state index contributed by atoms with van der Waals surface area (Å²) in [5, 5.41) is 0. The maximum Gasteiger partial charge on any atom is 0.314 e. The number of methoxy groups -OCH3 is 2. The van der Waals surface area contributed by atoms with Crippen molar-refractivity contribution in [3.63, 3.8) is 0 Å². The zero-order valence-corrected chi connectivity index (χ0v) is 12.3. The lowest BCUT2D eigenvalue weighted by Crippen LogP contribution is -2.47. The molecule has 102 valence electrons. The molecule has 17 heavy (non-hydrogen) atoms. The molecule has 0 rings (SSSR count). The predicted molar refractivity (Wildman–Crippen MR) is 69.9 cm³/mol. The third-order valence-corrected chi connectivity index (χ3v) is 3.61. The second kappa shape index (κ2) is 7.00. The van der Waals surface area contributed by atoms with Crippen molar-refractivity contribution in [2.45, 2.75) is 53.4 Å². The molecule has 0 heterocycles. The van der Waals surface area contributed by atoms with Gasteiger partial charge in [0.15, 0.2) is 0 Å². The number of carbonyl (C=O) groups excluding carboxylic acids is 1. The topological polar surface area (TPSA) is 35.5 Å². The van der Waals surface area contributed by atoms with Crippen LogP contribution in [-0.4, -0.2) is 26.8 Å². The van der Waals surface area contributed by atoms with Crippen molar-refractivity contribution in [1.82, 2.24) is 0 Å². The van der Waals surface area contributed by atoms with Crippen molar-refractivity contribution in [3.8, 4) is 0 Å². The van der Waals surface area contributed by atoms with E-state index in [1.807, 2.05) is 0 Å². The van der Waals surface area contributed by atoms with Crippen LogP contribution in [-0.2, 0) is 14.3 Å². The zero-order chi connectivity index (χ0) is 13.5.